The monoisotopic (exact) mass is 509 g/mol. The summed E-state index contributed by atoms with van der Waals surface area (Å²) in [7, 11) is 0. The standard InChI is InChI=1S/C28H30F3N5O/c1-18-5-6-35(13-18)15-20-7-23(28(29,30)31)10-24(8-20)34-27(37)21-3-4-26-19(2)14-36(16-22(26)9-21)25-11-32-17-33-12-25/h3-4,7-12,17-19H,5-6,13-16H2,1-2H3,(H,34,37)/t18-,19?/m0/s1. The fourth-order valence-electron chi connectivity index (χ4n) is 5.37. The Morgan fingerprint density at radius 2 is 1.86 bits per heavy atom. The van der Waals surface area contributed by atoms with Crippen LogP contribution in [0.4, 0.5) is 24.5 Å². The van der Waals surface area contributed by atoms with Crippen molar-refractivity contribution >= 4 is 17.3 Å². The summed E-state index contributed by atoms with van der Waals surface area (Å²) in [4.78, 5) is 25.7. The van der Waals surface area contributed by atoms with Gasteiger partial charge in [-0.2, -0.15) is 13.2 Å². The van der Waals surface area contributed by atoms with Gasteiger partial charge in [0.2, 0.25) is 0 Å². The molecule has 0 aliphatic carbocycles. The minimum atomic E-state index is -4.50. The third-order valence-electron chi connectivity index (χ3n) is 7.20. The first kappa shape index (κ1) is 25.2. The van der Waals surface area contributed by atoms with E-state index in [0.29, 0.717) is 30.1 Å². The summed E-state index contributed by atoms with van der Waals surface area (Å²) in [5.41, 5.74) is 3.40. The lowest BCUT2D eigenvalue weighted by molar-refractivity contribution is -0.137. The molecular formula is C28H30F3N5O. The predicted molar refractivity (Wildman–Crippen MR) is 136 cm³/mol. The minimum Gasteiger partial charge on any atom is -0.364 e. The third kappa shape index (κ3) is 5.77. The van der Waals surface area contributed by atoms with Gasteiger partial charge in [-0.15, -0.1) is 0 Å². The molecule has 1 fully saturated rings. The van der Waals surface area contributed by atoms with E-state index in [2.05, 4.69) is 38.9 Å². The van der Waals surface area contributed by atoms with Crippen molar-refractivity contribution in [3.05, 3.63) is 82.9 Å². The van der Waals surface area contributed by atoms with Gasteiger partial charge >= 0.3 is 6.18 Å². The Labute approximate surface area is 214 Å². The molecule has 3 aromatic rings. The fraction of sp³-hybridized carbons (Fsp3) is 0.393. The zero-order chi connectivity index (χ0) is 26.2. The molecule has 194 valence electrons. The van der Waals surface area contributed by atoms with Gasteiger partial charge < -0.3 is 10.2 Å². The lowest BCUT2D eigenvalue weighted by Gasteiger charge is -2.34. The molecule has 37 heavy (non-hydrogen) atoms. The number of aromatic nitrogens is 2. The number of rotatable bonds is 5. The van der Waals surface area contributed by atoms with Gasteiger partial charge in [-0.25, -0.2) is 9.97 Å². The Balaban J connectivity index is 1.37. The van der Waals surface area contributed by atoms with Crippen LogP contribution in [0, 0.1) is 5.92 Å². The number of benzene rings is 2. The van der Waals surface area contributed by atoms with Crippen LogP contribution in [0.15, 0.2) is 55.1 Å². The molecule has 9 heteroatoms. The van der Waals surface area contributed by atoms with Crippen molar-refractivity contribution in [1.29, 1.82) is 0 Å². The van der Waals surface area contributed by atoms with Crippen LogP contribution < -0.4 is 10.2 Å². The molecule has 3 heterocycles. The summed E-state index contributed by atoms with van der Waals surface area (Å²) in [6.45, 7) is 7.80. The van der Waals surface area contributed by atoms with E-state index in [-0.39, 0.29) is 11.6 Å². The van der Waals surface area contributed by atoms with Gasteiger partial charge in [0.05, 0.1) is 23.6 Å². The van der Waals surface area contributed by atoms with Crippen LogP contribution in [0.1, 0.15) is 58.8 Å². The van der Waals surface area contributed by atoms with Crippen LogP contribution in [0.3, 0.4) is 0 Å². The van der Waals surface area contributed by atoms with E-state index in [9.17, 15) is 18.0 Å². The van der Waals surface area contributed by atoms with Crippen LogP contribution >= 0.6 is 0 Å². The minimum absolute atomic E-state index is 0.149. The number of nitrogens with one attached hydrogen (secondary N) is 1. The number of amides is 1. The van der Waals surface area contributed by atoms with E-state index < -0.39 is 17.6 Å². The van der Waals surface area contributed by atoms with Gasteiger partial charge in [0.15, 0.2) is 0 Å². The molecule has 6 nitrogen and oxygen atoms in total. The highest BCUT2D eigenvalue weighted by Gasteiger charge is 2.32. The van der Waals surface area contributed by atoms with Crippen LogP contribution in [-0.4, -0.2) is 40.4 Å². The average molecular weight is 510 g/mol. The molecule has 1 unspecified atom stereocenters. The smallest absolute Gasteiger partial charge is 0.364 e. The fourth-order valence-corrected chi connectivity index (χ4v) is 5.37. The van der Waals surface area contributed by atoms with Crippen molar-refractivity contribution in [2.45, 2.75) is 45.5 Å². The van der Waals surface area contributed by atoms with Crippen molar-refractivity contribution in [3.63, 3.8) is 0 Å². The Kier molecular flexibility index (Phi) is 6.90. The van der Waals surface area contributed by atoms with Crippen LogP contribution in [-0.2, 0) is 19.3 Å². The van der Waals surface area contributed by atoms with E-state index in [1.165, 1.54) is 12.4 Å². The molecule has 0 bridgehead atoms. The maximum atomic E-state index is 13.6. The van der Waals surface area contributed by atoms with Crippen molar-refractivity contribution in [1.82, 2.24) is 14.9 Å². The van der Waals surface area contributed by atoms with Crippen molar-refractivity contribution in [3.8, 4) is 0 Å². The molecule has 2 aliphatic heterocycles. The molecule has 0 saturated carbocycles. The maximum absolute atomic E-state index is 13.6. The Bertz CT molecular complexity index is 1280. The van der Waals surface area contributed by atoms with Gasteiger partial charge in [-0.3, -0.25) is 9.69 Å². The Hall–Kier alpha value is -3.46. The number of likely N-dealkylation sites (tertiary alicyclic amines) is 1. The number of carbonyl (C=O) groups excluding carboxylic acids is 1. The molecule has 2 aliphatic rings. The Morgan fingerprint density at radius 3 is 2.57 bits per heavy atom. The molecule has 0 spiro atoms. The zero-order valence-corrected chi connectivity index (χ0v) is 20.9. The first-order valence-electron chi connectivity index (χ1n) is 12.5. The maximum Gasteiger partial charge on any atom is 0.416 e. The van der Waals surface area contributed by atoms with Crippen molar-refractivity contribution < 1.29 is 18.0 Å². The number of hydrogen-bond acceptors (Lipinski definition) is 5. The molecule has 2 aromatic carbocycles. The molecule has 1 aromatic heterocycles. The molecular weight excluding hydrogens is 479 g/mol. The van der Waals surface area contributed by atoms with Gasteiger partial charge in [-0.05, 0) is 71.8 Å². The highest BCUT2D eigenvalue weighted by Crippen LogP contribution is 2.34. The second-order valence-electron chi connectivity index (χ2n) is 10.3. The second kappa shape index (κ2) is 10.1. The number of halogens is 3. The van der Waals surface area contributed by atoms with Gasteiger partial charge in [0, 0.05) is 37.4 Å². The summed E-state index contributed by atoms with van der Waals surface area (Å²) < 4.78 is 40.9. The van der Waals surface area contributed by atoms with Crippen LogP contribution in [0.2, 0.25) is 0 Å². The second-order valence-corrected chi connectivity index (χ2v) is 10.3. The van der Waals surface area contributed by atoms with E-state index >= 15 is 0 Å². The van der Waals surface area contributed by atoms with E-state index in [1.807, 2.05) is 12.1 Å². The van der Waals surface area contributed by atoms with Gasteiger partial charge in [0.1, 0.15) is 6.33 Å². The molecule has 5 rings (SSSR count). The highest BCUT2D eigenvalue weighted by atomic mass is 19.4. The number of carbonyl (C=O) groups is 1. The highest BCUT2D eigenvalue weighted by molar-refractivity contribution is 6.04. The van der Waals surface area contributed by atoms with Gasteiger partial charge in [-0.1, -0.05) is 19.9 Å². The number of fused-ring (bicyclic) bond motifs is 1. The largest absolute Gasteiger partial charge is 0.416 e. The lowest BCUT2D eigenvalue weighted by Crippen LogP contribution is -2.33. The van der Waals surface area contributed by atoms with Crippen molar-refractivity contribution in [2.75, 3.05) is 29.9 Å². The van der Waals surface area contributed by atoms with E-state index in [1.54, 1.807) is 24.5 Å². The Morgan fingerprint density at radius 1 is 1.08 bits per heavy atom. The molecule has 1 amide bonds. The van der Waals surface area contributed by atoms with Crippen LogP contribution in [0.25, 0.3) is 0 Å². The summed E-state index contributed by atoms with van der Waals surface area (Å²) in [6.07, 6.45) is 1.54. The first-order chi connectivity index (χ1) is 17.7. The van der Waals surface area contributed by atoms with E-state index in [0.717, 1.165) is 48.9 Å². The summed E-state index contributed by atoms with van der Waals surface area (Å²) in [6, 6.07) is 9.35. The van der Waals surface area contributed by atoms with E-state index in [4.69, 9.17) is 0 Å². The summed E-state index contributed by atoms with van der Waals surface area (Å²) >= 11 is 0. The lowest BCUT2D eigenvalue weighted by atomic mass is 9.89. The molecule has 0 radical (unpaired) electrons. The first-order valence-corrected chi connectivity index (χ1v) is 12.5. The normalized spacial score (nSPS) is 20.1. The van der Waals surface area contributed by atoms with Crippen LogP contribution in [0.5, 0.6) is 0 Å². The number of hydrogen-bond donors (Lipinski definition) is 1. The quantitative estimate of drug-likeness (QED) is 0.477. The topological polar surface area (TPSA) is 61.4 Å². The number of nitrogens with zero attached hydrogens (tertiary/aromatic N) is 4. The summed E-state index contributed by atoms with van der Waals surface area (Å²) in [5, 5.41) is 2.71. The number of alkyl halides is 3. The predicted octanol–water partition coefficient (Wildman–Crippen LogP) is 5.71. The van der Waals surface area contributed by atoms with Gasteiger partial charge in [0.25, 0.3) is 5.91 Å². The molecule has 2 atom stereocenters. The zero-order valence-electron chi connectivity index (χ0n) is 20.9. The number of anilines is 2. The molecule has 1 saturated heterocycles. The van der Waals surface area contributed by atoms with Crippen molar-refractivity contribution in [2.24, 2.45) is 5.92 Å². The average Bonchev–Trinajstić information content (AvgIpc) is 3.27. The third-order valence-corrected chi connectivity index (χ3v) is 7.20. The molecule has 1 N–H and O–H groups in total. The SMILES string of the molecule is CC1CN(c2cncnc2)Cc2cc(C(=O)Nc3cc(CN4CC[C@H](C)C4)cc(C(F)(F)F)c3)ccc21. The summed E-state index contributed by atoms with van der Waals surface area (Å²) in [5.74, 6) is 0.332.